The van der Waals surface area contributed by atoms with Crippen molar-refractivity contribution >= 4 is 54.8 Å². The van der Waals surface area contributed by atoms with Gasteiger partial charge >= 0.3 is 0 Å². The summed E-state index contributed by atoms with van der Waals surface area (Å²) in [5.74, 6) is 0.105. The monoisotopic (exact) mass is 413 g/mol. The molecule has 0 saturated heterocycles. The van der Waals surface area contributed by atoms with E-state index in [-0.39, 0.29) is 5.56 Å². The molecule has 0 saturated carbocycles. The predicted molar refractivity (Wildman–Crippen MR) is 91.0 cm³/mol. The molecule has 0 unspecified atom stereocenters. The Morgan fingerprint density at radius 3 is 2.52 bits per heavy atom. The Morgan fingerprint density at radius 2 is 1.90 bits per heavy atom. The van der Waals surface area contributed by atoms with Gasteiger partial charge in [-0.2, -0.15) is 0 Å². The number of ether oxygens (including phenoxy) is 1. The van der Waals surface area contributed by atoms with E-state index in [1.54, 1.807) is 25.3 Å². The number of anilines is 3. The Labute approximate surface area is 138 Å². The molecule has 21 heavy (non-hydrogen) atoms. The van der Waals surface area contributed by atoms with Gasteiger partial charge in [0, 0.05) is 10.5 Å². The lowest BCUT2D eigenvalue weighted by Gasteiger charge is -2.14. The number of hydrogen-bond donors (Lipinski definition) is 3. The zero-order chi connectivity index (χ0) is 15.6. The van der Waals surface area contributed by atoms with Crippen LogP contribution in [0.5, 0.6) is 5.75 Å². The zero-order valence-electron chi connectivity index (χ0n) is 11.1. The zero-order valence-corrected chi connectivity index (χ0v) is 14.3. The number of para-hydroxylation sites is 1. The fourth-order valence-corrected chi connectivity index (χ4v) is 3.07. The van der Waals surface area contributed by atoms with Gasteiger partial charge in [0.05, 0.1) is 34.2 Å². The van der Waals surface area contributed by atoms with Gasteiger partial charge in [0.1, 0.15) is 5.75 Å². The van der Waals surface area contributed by atoms with E-state index in [1.807, 2.05) is 12.1 Å². The van der Waals surface area contributed by atoms with Gasteiger partial charge in [-0.25, -0.2) is 0 Å². The molecule has 5 nitrogen and oxygen atoms in total. The van der Waals surface area contributed by atoms with E-state index in [0.29, 0.717) is 17.1 Å². The Hall–Kier alpha value is -1.73. The van der Waals surface area contributed by atoms with Crippen molar-refractivity contribution in [2.75, 3.05) is 18.2 Å². The van der Waals surface area contributed by atoms with Crippen molar-refractivity contribution < 1.29 is 9.53 Å². The summed E-state index contributed by atoms with van der Waals surface area (Å²) in [6, 6.07) is 8.73. The maximum Gasteiger partial charge on any atom is 0.250 e. The number of carbonyl (C=O) groups is 1. The van der Waals surface area contributed by atoms with Crippen LogP contribution in [0, 0.1) is 0 Å². The molecule has 7 heteroatoms. The van der Waals surface area contributed by atoms with Crippen LogP contribution >= 0.6 is 31.9 Å². The third-order valence-corrected chi connectivity index (χ3v) is 4.16. The van der Waals surface area contributed by atoms with Crippen LogP contribution in [0.3, 0.4) is 0 Å². The van der Waals surface area contributed by atoms with Crippen LogP contribution in [-0.4, -0.2) is 13.0 Å². The quantitative estimate of drug-likeness (QED) is 0.666. The summed E-state index contributed by atoms with van der Waals surface area (Å²) in [5, 5.41) is 3.16. The van der Waals surface area contributed by atoms with Crippen LogP contribution in [0.15, 0.2) is 39.3 Å². The minimum atomic E-state index is -0.566. The number of amides is 1. The third-order valence-electron chi connectivity index (χ3n) is 2.88. The minimum absolute atomic E-state index is 0.278. The van der Waals surface area contributed by atoms with E-state index in [1.165, 1.54) is 0 Å². The molecule has 2 aromatic rings. The summed E-state index contributed by atoms with van der Waals surface area (Å²) < 4.78 is 6.90. The highest BCUT2D eigenvalue weighted by Gasteiger charge is 2.12. The van der Waals surface area contributed by atoms with Gasteiger partial charge in [0.25, 0.3) is 5.91 Å². The molecule has 2 aromatic carbocycles. The number of benzene rings is 2. The first kappa shape index (κ1) is 15.7. The fourth-order valence-electron chi connectivity index (χ4n) is 1.82. The van der Waals surface area contributed by atoms with Crippen LogP contribution in [-0.2, 0) is 0 Å². The van der Waals surface area contributed by atoms with E-state index in [0.717, 1.165) is 14.6 Å². The molecule has 0 aliphatic heterocycles. The Morgan fingerprint density at radius 1 is 1.19 bits per heavy atom. The normalized spacial score (nSPS) is 10.2. The van der Waals surface area contributed by atoms with E-state index >= 15 is 0 Å². The summed E-state index contributed by atoms with van der Waals surface area (Å²) in [5.41, 5.74) is 13.2. The number of nitrogen functional groups attached to an aromatic ring is 1. The largest absolute Gasteiger partial charge is 0.495 e. The second-order valence-electron chi connectivity index (χ2n) is 4.22. The number of hydrogen-bond acceptors (Lipinski definition) is 4. The lowest BCUT2D eigenvalue weighted by Crippen LogP contribution is -2.14. The van der Waals surface area contributed by atoms with Gasteiger partial charge in [-0.3, -0.25) is 4.79 Å². The second-order valence-corrected chi connectivity index (χ2v) is 5.93. The van der Waals surface area contributed by atoms with Crippen molar-refractivity contribution in [1.82, 2.24) is 0 Å². The van der Waals surface area contributed by atoms with Gasteiger partial charge in [0.2, 0.25) is 0 Å². The molecule has 0 fully saturated rings. The van der Waals surface area contributed by atoms with E-state index in [9.17, 15) is 4.79 Å². The van der Waals surface area contributed by atoms with E-state index < -0.39 is 5.91 Å². The van der Waals surface area contributed by atoms with Gasteiger partial charge in [-0.15, -0.1) is 0 Å². The minimum Gasteiger partial charge on any atom is -0.495 e. The fraction of sp³-hybridized carbons (Fsp3) is 0.0714. The van der Waals surface area contributed by atoms with E-state index in [2.05, 4.69) is 37.2 Å². The Kier molecular flexibility index (Phi) is 4.74. The number of methoxy groups -OCH3 is 1. The van der Waals surface area contributed by atoms with Crippen molar-refractivity contribution in [2.45, 2.75) is 0 Å². The van der Waals surface area contributed by atoms with Crippen molar-refractivity contribution in [2.24, 2.45) is 5.73 Å². The Balaban J connectivity index is 2.43. The molecule has 0 radical (unpaired) electrons. The summed E-state index contributed by atoms with van der Waals surface area (Å²) in [6.07, 6.45) is 0. The van der Waals surface area contributed by atoms with Gasteiger partial charge in [-0.05, 0) is 50.1 Å². The molecule has 110 valence electrons. The van der Waals surface area contributed by atoms with Gasteiger partial charge in [-0.1, -0.05) is 6.07 Å². The highest BCUT2D eigenvalue weighted by atomic mass is 79.9. The molecule has 0 spiro atoms. The molecular weight excluding hydrogens is 402 g/mol. The third kappa shape index (κ3) is 3.30. The highest BCUT2D eigenvalue weighted by Crippen LogP contribution is 2.37. The van der Waals surface area contributed by atoms with Crippen LogP contribution in [0.2, 0.25) is 0 Å². The molecule has 0 aliphatic carbocycles. The molecule has 0 aromatic heterocycles. The summed E-state index contributed by atoms with van der Waals surface area (Å²) >= 11 is 6.86. The van der Waals surface area contributed by atoms with Gasteiger partial charge in [0.15, 0.2) is 0 Å². The van der Waals surface area contributed by atoms with Crippen LogP contribution in [0.1, 0.15) is 10.4 Å². The average molecular weight is 415 g/mol. The Bertz CT molecular complexity index is 705. The number of nitrogens with one attached hydrogen (secondary N) is 1. The highest BCUT2D eigenvalue weighted by molar-refractivity contribution is 9.11. The molecule has 1 amide bonds. The smallest absolute Gasteiger partial charge is 0.250 e. The SMILES string of the molecule is COc1cc(Nc2cccc(C(N)=O)c2N)c(Br)cc1Br. The number of rotatable bonds is 4. The lowest BCUT2D eigenvalue weighted by molar-refractivity contribution is 0.100. The second kappa shape index (κ2) is 6.36. The first-order valence-electron chi connectivity index (χ1n) is 5.92. The lowest BCUT2D eigenvalue weighted by atomic mass is 10.1. The predicted octanol–water partition coefficient (Wildman–Crippen LogP) is 3.64. The number of carbonyl (C=O) groups excluding carboxylic acids is 1. The van der Waals surface area contributed by atoms with Crippen LogP contribution in [0.25, 0.3) is 0 Å². The van der Waals surface area contributed by atoms with Crippen molar-refractivity contribution in [3.8, 4) is 5.75 Å². The molecule has 2 rings (SSSR count). The molecular formula is C14H13Br2N3O2. The summed E-state index contributed by atoms with van der Waals surface area (Å²) in [4.78, 5) is 11.3. The van der Waals surface area contributed by atoms with E-state index in [4.69, 9.17) is 16.2 Å². The molecule has 0 aliphatic rings. The molecule has 5 N–H and O–H groups in total. The first-order chi connectivity index (χ1) is 9.93. The topological polar surface area (TPSA) is 90.4 Å². The van der Waals surface area contributed by atoms with Crippen molar-refractivity contribution in [1.29, 1.82) is 0 Å². The average Bonchev–Trinajstić information content (AvgIpc) is 2.43. The molecule has 0 atom stereocenters. The van der Waals surface area contributed by atoms with Crippen molar-refractivity contribution in [3.63, 3.8) is 0 Å². The molecule has 0 heterocycles. The summed E-state index contributed by atoms with van der Waals surface area (Å²) in [6.45, 7) is 0. The van der Waals surface area contributed by atoms with Crippen LogP contribution < -0.4 is 21.5 Å². The van der Waals surface area contributed by atoms with Crippen LogP contribution in [0.4, 0.5) is 17.1 Å². The number of nitrogens with two attached hydrogens (primary N) is 2. The maximum absolute atomic E-state index is 11.3. The summed E-state index contributed by atoms with van der Waals surface area (Å²) in [7, 11) is 1.58. The molecule has 0 bridgehead atoms. The first-order valence-corrected chi connectivity index (χ1v) is 7.51. The number of primary amides is 1. The van der Waals surface area contributed by atoms with Gasteiger partial charge < -0.3 is 21.5 Å². The standard InChI is InChI=1S/C14H13Br2N3O2/c1-21-12-6-11(8(15)5-9(12)16)19-10-4-2-3-7(13(10)17)14(18)20/h2-6,19H,17H2,1H3,(H2,18,20). The number of halogens is 2. The van der Waals surface area contributed by atoms with Crippen molar-refractivity contribution in [3.05, 3.63) is 44.8 Å². The maximum atomic E-state index is 11.3.